The van der Waals surface area contributed by atoms with Gasteiger partial charge >= 0.3 is 0 Å². The highest BCUT2D eigenvalue weighted by atomic mass is 79.9. The van der Waals surface area contributed by atoms with Crippen molar-refractivity contribution in [3.05, 3.63) is 57.3 Å². The van der Waals surface area contributed by atoms with E-state index >= 15 is 0 Å². The zero-order valence-corrected chi connectivity index (χ0v) is 13.2. The Morgan fingerprint density at radius 1 is 1.05 bits per heavy atom. The Bertz CT molecular complexity index is 791. The summed E-state index contributed by atoms with van der Waals surface area (Å²) in [6.07, 6.45) is 0. The SMILES string of the molecule is O=S(=O)(Nc1cc(Br)ccc1Cl)c1c(F)cc(F)cc1F. The zero-order valence-electron chi connectivity index (χ0n) is 10.0. The molecule has 0 unspecified atom stereocenters. The lowest BCUT2D eigenvalue weighted by Crippen LogP contribution is -2.17. The summed E-state index contributed by atoms with van der Waals surface area (Å²) in [7, 11) is -4.60. The number of halogens is 5. The van der Waals surface area contributed by atoms with Gasteiger partial charge in [-0.3, -0.25) is 4.72 Å². The molecule has 112 valence electrons. The van der Waals surface area contributed by atoms with Crippen molar-refractivity contribution in [2.24, 2.45) is 0 Å². The van der Waals surface area contributed by atoms with E-state index in [1.54, 1.807) is 6.07 Å². The van der Waals surface area contributed by atoms with E-state index in [0.717, 1.165) is 0 Å². The van der Waals surface area contributed by atoms with Gasteiger partial charge in [0, 0.05) is 16.6 Å². The average molecular weight is 401 g/mol. The van der Waals surface area contributed by atoms with Gasteiger partial charge in [-0.25, -0.2) is 21.6 Å². The van der Waals surface area contributed by atoms with Crippen LogP contribution in [0, 0.1) is 17.5 Å². The summed E-state index contributed by atoms with van der Waals surface area (Å²) < 4.78 is 66.4. The van der Waals surface area contributed by atoms with Crippen LogP contribution in [0.4, 0.5) is 18.9 Å². The smallest absolute Gasteiger partial charge is 0.267 e. The minimum Gasteiger partial charge on any atom is -0.278 e. The first-order chi connectivity index (χ1) is 9.70. The Hall–Kier alpha value is -1.25. The second-order valence-electron chi connectivity index (χ2n) is 3.93. The van der Waals surface area contributed by atoms with Crippen LogP contribution in [0.3, 0.4) is 0 Å². The van der Waals surface area contributed by atoms with Crippen molar-refractivity contribution in [3.63, 3.8) is 0 Å². The number of benzene rings is 2. The molecule has 0 bridgehead atoms. The fourth-order valence-electron chi connectivity index (χ4n) is 1.56. The van der Waals surface area contributed by atoms with Crippen molar-refractivity contribution in [3.8, 4) is 0 Å². The summed E-state index contributed by atoms with van der Waals surface area (Å²) in [4.78, 5) is -1.28. The third-order valence-corrected chi connectivity index (χ3v) is 4.64. The second-order valence-corrected chi connectivity index (χ2v) is 6.87. The highest BCUT2D eigenvalue weighted by molar-refractivity contribution is 9.10. The molecule has 0 spiro atoms. The molecule has 3 nitrogen and oxygen atoms in total. The van der Waals surface area contributed by atoms with Crippen molar-refractivity contribution in [2.75, 3.05) is 4.72 Å². The van der Waals surface area contributed by atoms with Gasteiger partial charge in [-0.1, -0.05) is 27.5 Å². The molecule has 9 heteroatoms. The van der Waals surface area contributed by atoms with Gasteiger partial charge in [-0.05, 0) is 18.2 Å². The van der Waals surface area contributed by atoms with Crippen molar-refractivity contribution >= 4 is 43.2 Å². The Morgan fingerprint density at radius 2 is 1.62 bits per heavy atom. The van der Waals surface area contributed by atoms with E-state index in [0.29, 0.717) is 4.47 Å². The van der Waals surface area contributed by atoms with Crippen LogP contribution in [0.15, 0.2) is 39.7 Å². The third kappa shape index (κ3) is 3.50. The minimum atomic E-state index is -4.60. The summed E-state index contributed by atoms with van der Waals surface area (Å²) in [5.74, 6) is -4.29. The van der Waals surface area contributed by atoms with Crippen molar-refractivity contribution < 1.29 is 21.6 Å². The predicted octanol–water partition coefficient (Wildman–Crippen LogP) is 4.32. The monoisotopic (exact) mass is 399 g/mol. The fraction of sp³-hybridized carbons (Fsp3) is 0. The number of hydrogen-bond acceptors (Lipinski definition) is 2. The molecule has 0 amide bonds. The van der Waals surface area contributed by atoms with E-state index in [1.807, 2.05) is 4.72 Å². The maximum Gasteiger partial charge on any atom is 0.267 e. The molecule has 0 aromatic heterocycles. The molecule has 0 aliphatic rings. The standard InChI is InChI=1S/C12H6BrClF3NO2S/c13-6-1-2-8(14)11(3-6)18-21(19,20)12-9(16)4-7(15)5-10(12)17/h1-5,18H. The van der Waals surface area contributed by atoms with Gasteiger partial charge < -0.3 is 0 Å². The topological polar surface area (TPSA) is 46.2 Å². The summed E-state index contributed by atoms with van der Waals surface area (Å²) >= 11 is 8.91. The molecular formula is C12H6BrClF3NO2S. The Labute approximate surface area is 131 Å². The maximum atomic E-state index is 13.5. The van der Waals surface area contributed by atoms with Gasteiger partial charge in [0.2, 0.25) is 0 Å². The van der Waals surface area contributed by atoms with Crippen molar-refractivity contribution in [2.45, 2.75) is 4.90 Å². The summed E-state index contributed by atoms with van der Waals surface area (Å²) in [6.45, 7) is 0. The fourth-order valence-corrected chi connectivity index (χ4v) is 3.33. The molecule has 1 N–H and O–H groups in total. The lowest BCUT2D eigenvalue weighted by Gasteiger charge is -2.11. The molecule has 0 aliphatic heterocycles. The maximum absolute atomic E-state index is 13.5. The van der Waals surface area contributed by atoms with Crippen molar-refractivity contribution in [1.29, 1.82) is 0 Å². The highest BCUT2D eigenvalue weighted by Gasteiger charge is 2.26. The van der Waals surface area contributed by atoms with Gasteiger partial charge in [-0.2, -0.15) is 0 Å². The lowest BCUT2D eigenvalue weighted by molar-refractivity contribution is 0.498. The van der Waals surface area contributed by atoms with Crippen LogP contribution in [0.1, 0.15) is 0 Å². The van der Waals surface area contributed by atoms with Crippen LogP contribution in [0.5, 0.6) is 0 Å². The first-order valence-electron chi connectivity index (χ1n) is 5.33. The number of rotatable bonds is 3. The summed E-state index contributed by atoms with van der Waals surface area (Å²) in [5, 5.41) is 0.0321. The third-order valence-electron chi connectivity index (χ3n) is 2.40. The predicted molar refractivity (Wildman–Crippen MR) is 76.3 cm³/mol. The first kappa shape index (κ1) is 16.1. The molecule has 0 saturated carbocycles. The van der Waals surface area contributed by atoms with Crippen LogP contribution >= 0.6 is 27.5 Å². The van der Waals surface area contributed by atoms with Crippen molar-refractivity contribution in [1.82, 2.24) is 0 Å². The number of sulfonamides is 1. The van der Waals surface area contributed by atoms with Crippen LogP contribution in [0.25, 0.3) is 0 Å². The normalized spacial score (nSPS) is 11.5. The highest BCUT2D eigenvalue weighted by Crippen LogP contribution is 2.29. The molecule has 2 aromatic carbocycles. The van der Waals surface area contributed by atoms with E-state index in [-0.39, 0.29) is 22.8 Å². The van der Waals surface area contributed by atoms with E-state index < -0.39 is 32.4 Å². The lowest BCUT2D eigenvalue weighted by atomic mass is 10.3. The second kappa shape index (κ2) is 5.86. The number of hydrogen-bond donors (Lipinski definition) is 1. The molecule has 2 rings (SSSR count). The molecule has 0 heterocycles. The molecule has 0 saturated heterocycles. The van der Waals surface area contributed by atoms with Gasteiger partial charge in [0.25, 0.3) is 10.0 Å². The molecule has 0 fully saturated rings. The van der Waals surface area contributed by atoms with E-state index in [1.165, 1.54) is 12.1 Å². The molecule has 0 atom stereocenters. The number of nitrogens with one attached hydrogen (secondary N) is 1. The van der Waals surface area contributed by atoms with Crippen LogP contribution in [-0.2, 0) is 10.0 Å². The van der Waals surface area contributed by atoms with Gasteiger partial charge in [0.1, 0.15) is 17.5 Å². The molecular weight excluding hydrogens is 395 g/mol. The zero-order chi connectivity index (χ0) is 15.8. The Balaban J connectivity index is 2.51. The van der Waals surface area contributed by atoms with Crippen LogP contribution in [0.2, 0.25) is 5.02 Å². The Morgan fingerprint density at radius 3 is 2.19 bits per heavy atom. The van der Waals surface area contributed by atoms with Crippen LogP contribution in [-0.4, -0.2) is 8.42 Å². The Kier molecular flexibility index (Phi) is 4.50. The quantitative estimate of drug-likeness (QED) is 0.834. The molecule has 0 aliphatic carbocycles. The largest absolute Gasteiger partial charge is 0.278 e. The first-order valence-corrected chi connectivity index (χ1v) is 7.98. The van der Waals surface area contributed by atoms with Gasteiger partial charge in [-0.15, -0.1) is 0 Å². The van der Waals surface area contributed by atoms with E-state index in [2.05, 4.69) is 15.9 Å². The minimum absolute atomic E-state index is 0.0321. The number of anilines is 1. The van der Waals surface area contributed by atoms with Gasteiger partial charge in [0.05, 0.1) is 10.7 Å². The van der Waals surface area contributed by atoms with E-state index in [9.17, 15) is 21.6 Å². The molecule has 21 heavy (non-hydrogen) atoms. The van der Waals surface area contributed by atoms with E-state index in [4.69, 9.17) is 11.6 Å². The van der Waals surface area contributed by atoms with Crippen LogP contribution < -0.4 is 4.72 Å². The average Bonchev–Trinajstić information content (AvgIpc) is 2.31. The molecule has 2 aromatic rings. The molecule has 0 radical (unpaired) electrons. The van der Waals surface area contributed by atoms with Gasteiger partial charge in [0.15, 0.2) is 4.90 Å². The summed E-state index contributed by atoms with van der Waals surface area (Å²) in [6, 6.07) is 4.82. The summed E-state index contributed by atoms with van der Waals surface area (Å²) in [5.41, 5.74) is -0.0748.